The fourth-order valence-corrected chi connectivity index (χ4v) is 5.03. The Kier molecular flexibility index (Phi) is 7.07. The van der Waals surface area contributed by atoms with E-state index in [0.29, 0.717) is 25.2 Å². The van der Waals surface area contributed by atoms with Crippen LogP contribution in [-0.4, -0.2) is 66.5 Å². The predicted octanol–water partition coefficient (Wildman–Crippen LogP) is 3.61. The molecule has 2 aliphatic rings. The molecule has 0 radical (unpaired) electrons. The molecule has 180 valence electrons. The minimum absolute atomic E-state index is 0.0249. The van der Waals surface area contributed by atoms with Crippen LogP contribution in [-0.2, 0) is 15.0 Å². The number of rotatable bonds is 7. The maximum absolute atomic E-state index is 14.6. The Balaban J connectivity index is 1.58. The van der Waals surface area contributed by atoms with Gasteiger partial charge in [-0.2, -0.15) is 5.10 Å². The molecule has 1 fully saturated rings. The molecule has 4 rings (SSSR count). The number of ketones is 1. The van der Waals surface area contributed by atoms with Crippen LogP contribution >= 0.6 is 0 Å². The minimum atomic E-state index is -0.729. The molecule has 6 nitrogen and oxygen atoms in total. The molecule has 0 N–H and O–H groups in total. The van der Waals surface area contributed by atoms with Gasteiger partial charge in [0.2, 0.25) is 5.91 Å². The lowest BCUT2D eigenvalue weighted by molar-refractivity contribution is -0.130. The van der Waals surface area contributed by atoms with Crippen molar-refractivity contribution in [3.05, 3.63) is 65.7 Å². The maximum Gasteiger partial charge on any atom is 0.219 e. The van der Waals surface area contributed by atoms with Gasteiger partial charge in [0.1, 0.15) is 17.3 Å². The van der Waals surface area contributed by atoms with Gasteiger partial charge in [-0.15, -0.1) is 0 Å². The highest BCUT2D eigenvalue weighted by Crippen LogP contribution is 2.40. The number of amides is 1. The molecule has 1 atom stereocenters. The number of benzene rings is 2. The second-order valence-corrected chi connectivity index (χ2v) is 9.06. The zero-order chi connectivity index (χ0) is 24.3. The van der Waals surface area contributed by atoms with Crippen LogP contribution in [0.4, 0.5) is 14.5 Å². The fraction of sp³-hybridized carbons (Fsp3) is 0.423. The highest BCUT2D eigenvalue weighted by Gasteiger charge is 2.46. The highest BCUT2D eigenvalue weighted by atomic mass is 19.1. The molecular weight excluding hydrogens is 438 g/mol. The summed E-state index contributed by atoms with van der Waals surface area (Å²) in [4.78, 5) is 28.5. The maximum atomic E-state index is 14.6. The molecule has 2 aromatic carbocycles. The first-order valence-corrected chi connectivity index (χ1v) is 11.7. The zero-order valence-electron chi connectivity index (χ0n) is 19.6. The molecule has 2 aliphatic heterocycles. The smallest absolute Gasteiger partial charge is 0.219 e. The van der Waals surface area contributed by atoms with E-state index >= 15 is 0 Å². The fourth-order valence-electron chi connectivity index (χ4n) is 5.03. The van der Waals surface area contributed by atoms with Crippen molar-refractivity contribution >= 4 is 23.1 Å². The van der Waals surface area contributed by atoms with Crippen molar-refractivity contribution in [3.8, 4) is 0 Å². The Bertz CT molecular complexity index is 1080. The van der Waals surface area contributed by atoms with E-state index in [2.05, 4.69) is 10.0 Å². The number of carbonyl (C=O) groups is 2. The Hall–Kier alpha value is -3.13. The average molecular weight is 469 g/mol. The van der Waals surface area contributed by atoms with E-state index in [-0.39, 0.29) is 23.9 Å². The van der Waals surface area contributed by atoms with Gasteiger partial charge in [-0.25, -0.2) is 8.78 Å². The summed E-state index contributed by atoms with van der Waals surface area (Å²) >= 11 is 0. The molecule has 2 aromatic rings. The van der Waals surface area contributed by atoms with Gasteiger partial charge in [-0.3, -0.25) is 19.5 Å². The van der Waals surface area contributed by atoms with Gasteiger partial charge in [0.25, 0.3) is 0 Å². The van der Waals surface area contributed by atoms with E-state index in [1.165, 1.54) is 11.9 Å². The van der Waals surface area contributed by atoms with E-state index < -0.39 is 17.0 Å². The summed E-state index contributed by atoms with van der Waals surface area (Å²) in [6, 6.07) is 13.0. The van der Waals surface area contributed by atoms with Gasteiger partial charge in [0.05, 0.1) is 17.6 Å². The Morgan fingerprint density at radius 1 is 1.00 bits per heavy atom. The minimum Gasteiger partial charge on any atom is -0.340 e. The SMILES string of the molecule is CC(=O)C1=NN(c2cc(F)ccc2F)C[C@@]1(CCCN1CCN(C(C)=O)CC1)c1ccccc1. The topological polar surface area (TPSA) is 56.2 Å². The highest BCUT2D eigenvalue weighted by molar-refractivity contribution is 6.43. The van der Waals surface area contributed by atoms with Crippen LogP contribution in [0.2, 0.25) is 0 Å². The van der Waals surface area contributed by atoms with Crippen LogP contribution in [0.5, 0.6) is 0 Å². The number of halogens is 2. The monoisotopic (exact) mass is 468 g/mol. The number of hydrogen-bond donors (Lipinski definition) is 0. The summed E-state index contributed by atoms with van der Waals surface area (Å²) in [5, 5.41) is 5.94. The summed E-state index contributed by atoms with van der Waals surface area (Å²) in [5.41, 5.74) is 0.595. The van der Waals surface area contributed by atoms with E-state index in [0.717, 1.165) is 49.8 Å². The summed E-state index contributed by atoms with van der Waals surface area (Å²) in [6.45, 7) is 7.19. The average Bonchev–Trinajstić information content (AvgIpc) is 3.22. The van der Waals surface area contributed by atoms with Crippen molar-refractivity contribution in [2.75, 3.05) is 44.3 Å². The summed E-state index contributed by atoms with van der Waals surface area (Å²) in [7, 11) is 0. The van der Waals surface area contributed by atoms with Gasteiger partial charge in [0, 0.05) is 46.1 Å². The molecule has 0 bridgehead atoms. The first kappa shape index (κ1) is 24.0. The van der Waals surface area contributed by atoms with E-state index in [1.807, 2.05) is 35.2 Å². The van der Waals surface area contributed by atoms with Gasteiger partial charge in [0.15, 0.2) is 5.78 Å². The molecule has 2 heterocycles. The van der Waals surface area contributed by atoms with E-state index in [9.17, 15) is 18.4 Å². The summed E-state index contributed by atoms with van der Waals surface area (Å²) < 4.78 is 28.5. The van der Waals surface area contributed by atoms with Gasteiger partial charge < -0.3 is 4.90 Å². The number of hydrazone groups is 1. The van der Waals surface area contributed by atoms with E-state index in [1.54, 1.807) is 6.92 Å². The second kappa shape index (κ2) is 10.0. The second-order valence-electron chi connectivity index (χ2n) is 9.06. The van der Waals surface area contributed by atoms with Crippen LogP contribution < -0.4 is 5.01 Å². The lowest BCUT2D eigenvalue weighted by Gasteiger charge is -2.35. The Morgan fingerprint density at radius 2 is 1.71 bits per heavy atom. The molecule has 1 saturated heterocycles. The number of Topliss-reactive ketones (excluding diaryl/α,β-unsaturated/α-hetero) is 1. The van der Waals surface area contributed by atoms with Crippen LogP contribution in [0.1, 0.15) is 32.3 Å². The van der Waals surface area contributed by atoms with Crippen molar-refractivity contribution < 1.29 is 18.4 Å². The van der Waals surface area contributed by atoms with Gasteiger partial charge >= 0.3 is 0 Å². The van der Waals surface area contributed by atoms with Crippen LogP contribution in [0.3, 0.4) is 0 Å². The summed E-state index contributed by atoms with van der Waals surface area (Å²) in [5.74, 6) is -1.22. The Labute approximate surface area is 198 Å². The molecule has 0 unspecified atom stereocenters. The third-order valence-corrected chi connectivity index (χ3v) is 6.84. The van der Waals surface area contributed by atoms with Crippen LogP contribution in [0.15, 0.2) is 53.6 Å². The largest absolute Gasteiger partial charge is 0.340 e. The van der Waals surface area contributed by atoms with Crippen LogP contribution in [0.25, 0.3) is 0 Å². The molecule has 34 heavy (non-hydrogen) atoms. The number of piperazine rings is 1. The quantitative estimate of drug-likeness (QED) is 0.623. The van der Waals surface area contributed by atoms with Crippen molar-refractivity contribution in [1.29, 1.82) is 0 Å². The predicted molar refractivity (Wildman–Crippen MR) is 128 cm³/mol. The lowest BCUT2D eigenvalue weighted by atomic mass is 9.72. The van der Waals surface area contributed by atoms with Crippen molar-refractivity contribution in [2.45, 2.75) is 32.1 Å². The number of hydrogen-bond acceptors (Lipinski definition) is 5. The van der Waals surface area contributed by atoms with Crippen molar-refractivity contribution in [1.82, 2.24) is 9.80 Å². The van der Waals surface area contributed by atoms with Gasteiger partial charge in [-0.05, 0) is 37.1 Å². The van der Waals surface area contributed by atoms with Gasteiger partial charge in [-0.1, -0.05) is 30.3 Å². The van der Waals surface area contributed by atoms with Crippen LogP contribution in [0, 0.1) is 11.6 Å². The summed E-state index contributed by atoms with van der Waals surface area (Å²) in [6.07, 6.45) is 1.43. The lowest BCUT2D eigenvalue weighted by Crippen LogP contribution is -2.48. The molecule has 0 aliphatic carbocycles. The standard InChI is InChI=1S/C26H30F2N4O2/c1-19(33)25-26(21-7-4-3-5-8-21,11-6-12-30-13-15-31(16-14-30)20(2)34)18-32(29-25)24-17-22(27)9-10-23(24)28/h3-5,7-10,17H,6,11-16,18H2,1-2H3/t26-/m0/s1. The van der Waals surface area contributed by atoms with Crippen molar-refractivity contribution in [2.24, 2.45) is 5.10 Å². The molecule has 0 spiro atoms. The number of anilines is 1. The molecular formula is C26H30F2N4O2. The zero-order valence-corrected chi connectivity index (χ0v) is 19.6. The Morgan fingerprint density at radius 3 is 2.35 bits per heavy atom. The molecule has 1 amide bonds. The third kappa shape index (κ3) is 4.87. The first-order chi connectivity index (χ1) is 16.3. The van der Waals surface area contributed by atoms with Crippen molar-refractivity contribution in [3.63, 3.8) is 0 Å². The first-order valence-electron chi connectivity index (χ1n) is 11.7. The molecule has 8 heteroatoms. The molecule has 0 saturated carbocycles. The number of nitrogens with zero attached hydrogens (tertiary/aromatic N) is 4. The van der Waals surface area contributed by atoms with E-state index in [4.69, 9.17) is 0 Å². The third-order valence-electron chi connectivity index (χ3n) is 6.84. The number of carbonyl (C=O) groups excluding carboxylic acids is 2. The molecule has 0 aromatic heterocycles. The normalized spacial score (nSPS) is 21.0.